The third-order valence-corrected chi connectivity index (χ3v) is 2.74. The van der Waals surface area contributed by atoms with Crippen LogP contribution in [-0.4, -0.2) is 5.25 Å². The van der Waals surface area contributed by atoms with Crippen molar-refractivity contribution in [3.8, 4) is 0 Å². The molecule has 0 aromatic carbocycles. The highest BCUT2D eigenvalue weighted by Crippen LogP contribution is 2.13. The van der Waals surface area contributed by atoms with Gasteiger partial charge in [-0.15, -0.1) is 0 Å². The van der Waals surface area contributed by atoms with Crippen LogP contribution >= 0.6 is 24.0 Å². The molecule has 48 valence electrons. The molecule has 9 heavy (non-hydrogen) atoms. The molecule has 2 rings (SSSR count). The lowest BCUT2D eigenvalue weighted by molar-refractivity contribution is -0.685. The topological polar surface area (TPSA) is 3.88 Å². The molecule has 1 nitrogen and oxygen atoms in total. The first kappa shape index (κ1) is 5.74. The molecule has 0 radical (unpaired) electrons. The maximum atomic E-state index is 4.39. The molecule has 0 amide bonds. The van der Waals surface area contributed by atoms with Gasteiger partial charge in [-0.2, -0.15) is 17.2 Å². The molecule has 0 saturated heterocycles. The highest BCUT2D eigenvalue weighted by molar-refractivity contribution is 7.80. The molecule has 1 aromatic rings. The number of thiazole rings is 1. The molecule has 1 atom stereocenters. The highest BCUT2D eigenvalue weighted by atomic mass is 32.1. The first-order valence-electron chi connectivity index (χ1n) is 2.99. The lowest BCUT2D eigenvalue weighted by atomic mass is 10.3. The molecule has 1 aromatic heterocycles. The van der Waals surface area contributed by atoms with Gasteiger partial charge in [0.05, 0.1) is 17.1 Å². The second-order valence-corrected chi connectivity index (χ2v) is 3.81. The Morgan fingerprint density at radius 1 is 1.78 bits per heavy atom. The summed E-state index contributed by atoms with van der Waals surface area (Å²) in [7, 11) is 0. The van der Waals surface area contributed by atoms with E-state index in [0.29, 0.717) is 5.25 Å². The first-order valence-corrected chi connectivity index (χ1v) is 4.45. The summed E-state index contributed by atoms with van der Waals surface area (Å²) in [6.45, 7) is 1.10. The Hall–Kier alpha value is -0.0200. The monoisotopic (exact) mass is 158 g/mol. The minimum Gasteiger partial charge on any atom is -0.191 e. The van der Waals surface area contributed by atoms with Crippen LogP contribution < -0.4 is 4.57 Å². The van der Waals surface area contributed by atoms with Gasteiger partial charge in [-0.3, -0.25) is 0 Å². The third-order valence-electron chi connectivity index (χ3n) is 1.61. The van der Waals surface area contributed by atoms with Gasteiger partial charge in [-0.25, -0.2) is 0 Å². The van der Waals surface area contributed by atoms with Crippen molar-refractivity contribution in [2.24, 2.45) is 0 Å². The zero-order valence-corrected chi connectivity index (χ0v) is 6.66. The molecule has 3 heteroatoms. The minimum absolute atomic E-state index is 0.563. The van der Waals surface area contributed by atoms with Gasteiger partial charge in [-0.1, -0.05) is 11.3 Å². The Kier molecular flexibility index (Phi) is 1.27. The molecule has 0 N–H and O–H groups in total. The zero-order valence-electron chi connectivity index (χ0n) is 4.95. The molecule has 1 aliphatic rings. The maximum Gasteiger partial charge on any atom is 0.224 e. The van der Waals surface area contributed by atoms with Crippen molar-refractivity contribution in [1.29, 1.82) is 0 Å². The standard InChI is InChI=1S/C6H7NS2/c8-6-1-5-3-9-4-7(5)2-6/h3-4,6H,1-2H2/p+1. The van der Waals surface area contributed by atoms with Crippen molar-refractivity contribution >= 4 is 24.0 Å². The summed E-state index contributed by atoms with van der Waals surface area (Å²) in [6.07, 6.45) is 1.15. The van der Waals surface area contributed by atoms with Crippen LogP contribution in [0.3, 0.4) is 0 Å². The summed E-state index contributed by atoms with van der Waals surface area (Å²) in [5.41, 5.74) is 3.60. The minimum atomic E-state index is 0.563. The van der Waals surface area contributed by atoms with Crippen LogP contribution in [0.2, 0.25) is 0 Å². The van der Waals surface area contributed by atoms with E-state index in [9.17, 15) is 0 Å². The average molecular weight is 158 g/mol. The second-order valence-electron chi connectivity index (χ2n) is 2.36. The third kappa shape index (κ3) is 0.883. The smallest absolute Gasteiger partial charge is 0.191 e. The summed E-state index contributed by atoms with van der Waals surface area (Å²) in [5, 5.41) is 2.77. The Bertz CT molecular complexity index is 198. The van der Waals surface area contributed by atoms with E-state index in [1.165, 1.54) is 5.69 Å². The van der Waals surface area contributed by atoms with Crippen LogP contribution in [0.15, 0.2) is 10.9 Å². The van der Waals surface area contributed by atoms with E-state index < -0.39 is 0 Å². The molecule has 0 spiro atoms. The fourth-order valence-corrected chi connectivity index (χ4v) is 2.36. The lowest BCUT2D eigenvalue weighted by Crippen LogP contribution is -2.30. The van der Waals surface area contributed by atoms with Crippen LogP contribution in [0.1, 0.15) is 5.69 Å². The van der Waals surface area contributed by atoms with E-state index in [2.05, 4.69) is 28.1 Å². The SMILES string of the molecule is SC1Cc2csc[n+]2C1. The molecular weight excluding hydrogens is 150 g/mol. The van der Waals surface area contributed by atoms with Crippen LogP contribution in [-0.2, 0) is 13.0 Å². The Morgan fingerprint density at radius 3 is 3.44 bits per heavy atom. The largest absolute Gasteiger partial charge is 0.224 e. The highest BCUT2D eigenvalue weighted by Gasteiger charge is 2.26. The quantitative estimate of drug-likeness (QED) is 0.422. The first-order chi connectivity index (χ1) is 4.36. The van der Waals surface area contributed by atoms with E-state index in [1.54, 1.807) is 11.3 Å². The number of hydrogen-bond donors (Lipinski definition) is 1. The fourth-order valence-electron chi connectivity index (χ4n) is 1.18. The van der Waals surface area contributed by atoms with Gasteiger partial charge in [0.25, 0.3) is 0 Å². The van der Waals surface area contributed by atoms with E-state index in [-0.39, 0.29) is 0 Å². The van der Waals surface area contributed by atoms with E-state index in [1.807, 2.05) is 0 Å². The van der Waals surface area contributed by atoms with E-state index in [4.69, 9.17) is 0 Å². The van der Waals surface area contributed by atoms with E-state index >= 15 is 0 Å². The predicted octanol–water partition coefficient (Wildman–Crippen LogP) is 0.890. The van der Waals surface area contributed by atoms with Gasteiger partial charge in [0, 0.05) is 0 Å². The van der Waals surface area contributed by atoms with Crippen LogP contribution in [0.4, 0.5) is 0 Å². The Morgan fingerprint density at radius 2 is 2.67 bits per heavy atom. The zero-order chi connectivity index (χ0) is 6.27. The van der Waals surface area contributed by atoms with Gasteiger partial charge in [0.15, 0.2) is 12.2 Å². The molecule has 0 saturated carbocycles. The Labute approximate surface area is 63.7 Å². The van der Waals surface area contributed by atoms with Gasteiger partial charge in [-0.05, 0) is 0 Å². The van der Waals surface area contributed by atoms with Crippen LogP contribution in [0.5, 0.6) is 0 Å². The molecule has 1 aliphatic heterocycles. The average Bonchev–Trinajstić information content (AvgIpc) is 2.22. The van der Waals surface area contributed by atoms with Crippen molar-refractivity contribution in [2.45, 2.75) is 18.2 Å². The summed E-state index contributed by atoms with van der Waals surface area (Å²) >= 11 is 6.16. The molecular formula is C6H8NS2+. The number of fused-ring (bicyclic) bond motifs is 1. The lowest BCUT2D eigenvalue weighted by Gasteiger charge is -1.86. The fraction of sp³-hybridized carbons (Fsp3) is 0.500. The van der Waals surface area contributed by atoms with Gasteiger partial charge < -0.3 is 0 Å². The molecule has 0 fully saturated rings. The second kappa shape index (κ2) is 1.99. The normalized spacial score (nSPS) is 24.3. The molecule has 2 heterocycles. The summed E-state index contributed by atoms with van der Waals surface area (Å²) in [5.74, 6) is 0. The van der Waals surface area contributed by atoms with Gasteiger partial charge in [0.1, 0.15) is 0 Å². The number of thiol groups is 1. The van der Waals surface area contributed by atoms with Crippen molar-refractivity contribution in [1.82, 2.24) is 0 Å². The van der Waals surface area contributed by atoms with Crippen LogP contribution in [0.25, 0.3) is 0 Å². The number of nitrogens with zero attached hydrogens (tertiary/aromatic N) is 1. The van der Waals surface area contributed by atoms with Gasteiger partial charge >= 0.3 is 0 Å². The van der Waals surface area contributed by atoms with Crippen molar-refractivity contribution in [2.75, 3.05) is 0 Å². The predicted molar refractivity (Wildman–Crippen MR) is 41.0 cm³/mol. The van der Waals surface area contributed by atoms with Crippen molar-refractivity contribution < 1.29 is 4.57 Å². The number of rotatable bonds is 0. The van der Waals surface area contributed by atoms with Crippen molar-refractivity contribution in [3.63, 3.8) is 0 Å². The molecule has 0 bridgehead atoms. The molecule has 0 aliphatic carbocycles. The van der Waals surface area contributed by atoms with E-state index in [0.717, 1.165) is 13.0 Å². The summed E-state index contributed by atoms with van der Waals surface area (Å²) in [4.78, 5) is 0. The van der Waals surface area contributed by atoms with Crippen LogP contribution in [0, 0.1) is 0 Å². The number of aromatic nitrogens is 1. The summed E-state index contributed by atoms with van der Waals surface area (Å²) in [6, 6.07) is 0. The maximum absolute atomic E-state index is 4.39. The number of hydrogen-bond acceptors (Lipinski definition) is 2. The summed E-state index contributed by atoms with van der Waals surface area (Å²) < 4.78 is 2.28. The Balaban J connectivity index is 2.39. The molecule has 1 unspecified atom stereocenters. The van der Waals surface area contributed by atoms with Gasteiger partial charge in [0.2, 0.25) is 5.51 Å². The van der Waals surface area contributed by atoms with Crippen molar-refractivity contribution in [3.05, 3.63) is 16.6 Å².